The minimum Gasteiger partial charge on any atom is -0.361 e. The summed E-state index contributed by atoms with van der Waals surface area (Å²) < 4.78 is 29.1. The normalized spacial score (nSPS) is 11.2. The second-order valence-electron chi connectivity index (χ2n) is 7.40. The van der Waals surface area contributed by atoms with Crippen molar-refractivity contribution in [3.05, 3.63) is 88.5 Å². The molecule has 2 aromatic carbocycles. The second kappa shape index (κ2) is 8.26. The molecule has 0 aliphatic heterocycles. The average Bonchev–Trinajstić information content (AvgIpc) is 3.28. The highest BCUT2D eigenvalue weighted by molar-refractivity contribution is 5.82. The van der Waals surface area contributed by atoms with Gasteiger partial charge in [0.1, 0.15) is 28.9 Å². The van der Waals surface area contributed by atoms with E-state index in [4.69, 9.17) is 0 Å². The van der Waals surface area contributed by atoms with E-state index in [1.54, 1.807) is 30.3 Å². The van der Waals surface area contributed by atoms with E-state index in [0.717, 1.165) is 5.56 Å². The molecule has 0 atom stereocenters. The van der Waals surface area contributed by atoms with Crippen LogP contribution in [-0.2, 0) is 13.1 Å². The van der Waals surface area contributed by atoms with Gasteiger partial charge in [-0.3, -0.25) is 4.79 Å². The lowest BCUT2D eigenvalue weighted by Crippen LogP contribution is -2.42. The second-order valence-corrected chi connectivity index (χ2v) is 7.40. The molecule has 3 heterocycles. The molecule has 0 saturated carbocycles. The molecule has 0 bridgehead atoms. The van der Waals surface area contributed by atoms with Crippen molar-refractivity contribution >= 4 is 27.9 Å². The number of rotatable bonds is 6. The number of nitrogens with one attached hydrogen (secondary N) is 2. The Bertz CT molecular complexity index is 1510. The Morgan fingerprint density at radius 1 is 1.09 bits per heavy atom. The van der Waals surface area contributed by atoms with Crippen molar-refractivity contribution in [2.75, 3.05) is 17.4 Å². The van der Waals surface area contributed by atoms with E-state index in [1.165, 1.54) is 41.6 Å². The van der Waals surface area contributed by atoms with Gasteiger partial charge in [0.05, 0.1) is 24.9 Å². The molecular formula is C22H18F2N8O. The lowest BCUT2D eigenvalue weighted by molar-refractivity contribution is 0.580. The van der Waals surface area contributed by atoms with Gasteiger partial charge in [-0.1, -0.05) is 18.2 Å². The van der Waals surface area contributed by atoms with Gasteiger partial charge < -0.3 is 15.3 Å². The zero-order valence-electron chi connectivity index (χ0n) is 17.5. The highest BCUT2D eigenvalue weighted by Crippen LogP contribution is 2.17. The number of aromatic nitrogens is 6. The van der Waals surface area contributed by atoms with Gasteiger partial charge in [0, 0.05) is 7.05 Å². The number of hydrogen-bond donors (Lipinski definition) is 2. The first-order valence-corrected chi connectivity index (χ1v) is 10.1. The van der Waals surface area contributed by atoms with Crippen molar-refractivity contribution in [1.29, 1.82) is 0 Å². The van der Waals surface area contributed by atoms with E-state index >= 15 is 0 Å². The molecule has 3 aromatic heterocycles. The van der Waals surface area contributed by atoms with Crippen LogP contribution in [0.15, 0.2) is 59.9 Å². The van der Waals surface area contributed by atoms with Crippen molar-refractivity contribution in [2.24, 2.45) is 0 Å². The lowest BCUT2D eigenvalue weighted by atomic mass is 10.2. The Balaban J connectivity index is 1.56. The van der Waals surface area contributed by atoms with Gasteiger partial charge in [-0.05, 0) is 29.8 Å². The van der Waals surface area contributed by atoms with Gasteiger partial charge in [0.25, 0.3) is 5.56 Å². The standard InChI is InChI=1S/C22H18F2N8O/c1-31(10-13-5-7-14(23)8-6-13)32-17(30-16-4-2-3-15(24)18(16)22(32)33)9-25-20-19-21(27-11-26-19)29-12-28-20/h2-8,11-12H,9-10H2,1H3,(H2,25,26,27,28,29). The average molecular weight is 448 g/mol. The smallest absolute Gasteiger partial charge is 0.283 e. The topological polar surface area (TPSA) is 105 Å². The van der Waals surface area contributed by atoms with Gasteiger partial charge in [-0.2, -0.15) is 0 Å². The van der Waals surface area contributed by atoms with Crippen LogP contribution in [0.3, 0.4) is 0 Å². The number of nitrogens with zero attached hydrogens (tertiary/aromatic N) is 6. The van der Waals surface area contributed by atoms with E-state index in [9.17, 15) is 13.6 Å². The molecule has 9 nitrogen and oxygen atoms in total. The van der Waals surface area contributed by atoms with E-state index in [2.05, 4.69) is 30.2 Å². The highest BCUT2D eigenvalue weighted by atomic mass is 19.1. The first kappa shape index (κ1) is 20.5. The van der Waals surface area contributed by atoms with Crippen LogP contribution in [-0.4, -0.2) is 36.6 Å². The van der Waals surface area contributed by atoms with Gasteiger partial charge in [-0.25, -0.2) is 33.4 Å². The number of aromatic amines is 1. The van der Waals surface area contributed by atoms with Crippen LogP contribution in [0.1, 0.15) is 11.4 Å². The number of fused-ring (bicyclic) bond motifs is 2. The molecule has 0 aliphatic rings. The maximum absolute atomic E-state index is 14.5. The number of benzene rings is 2. The maximum atomic E-state index is 14.5. The monoisotopic (exact) mass is 448 g/mol. The molecular weight excluding hydrogens is 430 g/mol. The van der Waals surface area contributed by atoms with Crippen molar-refractivity contribution in [2.45, 2.75) is 13.1 Å². The summed E-state index contributed by atoms with van der Waals surface area (Å²) in [5, 5.41) is 4.65. The van der Waals surface area contributed by atoms with Gasteiger partial charge >= 0.3 is 0 Å². The summed E-state index contributed by atoms with van der Waals surface area (Å²) in [5.74, 6) is -0.177. The van der Waals surface area contributed by atoms with Crippen LogP contribution in [0, 0.1) is 11.6 Å². The van der Waals surface area contributed by atoms with Crippen LogP contribution in [0.4, 0.5) is 14.6 Å². The Kier molecular flexibility index (Phi) is 5.13. The van der Waals surface area contributed by atoms with Gasteiger partial charge in [0.2, 0.25) is 0 Å². The Labute approximate surface area is 185 Å². The number of imidazole rings is 1. The van der Waals surface area contributed by atoms with Crippen molar-refractivity contribution in [1.82, 2.24) is 29.6 Å². The van der Waals surface area contributed by atoms with Crippen LogP contribution in [0.5, 0.6) is 0 Å². The molecule has 33 heavy (non-hydrogen) atoms. The van der Waals surface area contributed by atoms with Crippen LogP contribution in [0.2, 0.25) is 0 Å². The summed E-state index contributed by atoms with van der Waals surface area (Å²) in [7, 11) is 1.68. The third kappa shape index (κ3) is 3.84. The Morgan fingerprint density at radius 2 is 1.91 bits per heavy atom. The quantitative estimate of drug-likeness (QED) is 0.412. The van der Waals surface area contributed by atoms with Crippen LogP contribution in [0.25, 0.3) is 22.1 Å². The van der Waals surface area contributed by atoms with E-state index < -0.39 is 11.4 Å². The Morgan fingerprint density at radius 3 is 2.73 bits per heavy atom. The zero-order chi connectivity index (χ0) is 22.9. The number of halogens is 2. The molecule has 11 heteroatoms. The Hall–Kier alpha value is -4.41. The van der Waals surface area contributed by atoms with Crippen molar-refractivity contribution in [3.8, 4) is 0 Å². The van der Waals surface area contributed by atoms with Gasteiger partial charge in [0.15, 0.2) is 17.3 Å². The molecule has 166 valence electrons. The summed E-state index contributed by atoms with van der Waals surface area (Å²) in [6.45, 7) is 0.383. The van der Waals surface area contributed by atoms with Gasteiger partial charge in [-0.15, -0.1) is 0 Å². The predicted octanol–water partition coefficient (Wildman–Crippen LogP) is 2.72. The first-order valence-electron chi connectivity index (χ1n) is 10.1. The minimum absolute atomic E-state index is 0.106. The van der Waals surface area contributed by atoms with Crippen molar-refractivity contribution in [3.63, 3.8) is 0 Å². The van der Waals surface area contributed by atoms with E-state index in [-0.39, 0.29) is 29.8 Å². The van der Waals surface area contributed by atoms with E-state index in [0.29, 0.717) is 22.8 Å². The minimum atomic E-state index is -0.650. The summed E-state index contributed by atoms with van der Waals surface area (Å²) in [6, 6.07) is 10.3. The number of anilines is 1. The summed E-state index contributed by atoms with van der Waals surface area (Å²) in [6.07, 6.45) is 2.89. The maximum Gasteiger partial charge on any atom is 0.283 e. The fourth-order valence-corrected chi connectivity index (χ4v) is 3.68. The molecule has 5 rings (SSSR count). The fraction of sp³-hybridized carbons (Fsp3) is 0.136. The third-order valence-electron chi connectivity index (χ3n) is 5.19. The summed E-state index contributed by atoms with van der Waals surface area (Å²) >= 11 is 0. The molecule has 5 aromatic rings. The molecule has 0 aliphatic carbocycles. The number of hydrogen-bond acceptors (Lipinski definition) is 7. The fourth-order valence-electron chi connectivity index (χ4n) is 3.68. The molecule has 2 N–H and O–H groups in total. The SMILES string of the molecule is CN(Cc1ccc(F)cc1)n1c(CNc2ncnc3nc[nH]c23)nc2cccc(F)c2c1=O. The first-order chi connectivity index (χ1) is 16.0. The lowest BCUT2D eigenvalue weighted by Gasteiger charge is -2.25. The number of H-pyrrole nitrogens is 1. The highest BCUT2D eigenvalue weighted by Gasteiger charge is 2.18. The molecule has 0 fully saturated rings. The van der Waals surface area contributed by atoms with Crippen LogP contribution >= 0.6 is 0 Å². The molecule has 0 unspecified atom stereocenters. The molecule has 0 saturated heterocycles. The molecule has 0 amide bonds. The van der Waals surface area contributed by atoms with Crippen LogP contribution < -0.4 is 15.9 Å². The van der Waals surface area contributed by atoms with Crippen molar-refractivity contribution < 1.29 is 8.78 Å². The molecule has 0 radical (unpaired) electrons. The summed E-state index contributed by atoms with van der Waals surface area (Å²) in [5.41, 5.74) is 1.57. The zero-order valence-corrected chi connectivity index (χ0v) is 17.5. The van der Waals surface area contributed by atoms with E-state index in [1.807, 2.05) is 0 Å². The molecule has 0 spiro atoms. The summed E-state index contributed by atoms with van der Waals surface area (Å²) in [4.78, 5) is 33.3. The largest absolute Gasteiger partial charge is 0.361 e. The predicted molar refractivity (Wildman–Crippen MR) is 119 cm³/mol. The third-order valence-corrected chi connectivity index (χ3v) is 5.19.